The van der Waals surface area contributed by atoms with Crippen molar-refractivity contribution in [3.63, 3.8) is 0 Å². The quantitative estimate of drug-likeness (QED) is 0.867. The van der Waals surface area contributed by atoms with Crippen molar-refractivity contribution in [2.75, 3.05) is 27.3 Å². The molecule has 0 radical (unpaired) electrons. The number of hydrogen-bond acceptors (Lipinski definition) is 4. The molecule has 4 nitrogen and oxygen atoms in total. The lowest BCUT2D eigenvalue weighted by Gasteiger charge is -2.16. The highest BCUT2D eigenvalue weighted by Crippen LogP contribution is 2.33. The minimum absolute atomic E-state index is 0.132. The third-order valence-corrected chi connectivity index (χ3v) is 4.91. The van der Waals surface area contributed by atoms with Crippen LogP contribution >= 0.6 is 11.3 Å². The van der Waals surface area contributed by atoms with Crippen LogP contribution < -0.4 is 9.47 Å². The molecule has 0 spiro atoms. The molecule has 22 heavy (non-hydrogen) atoms. The Morgan fingerprint density at radius 1 is 1.23 bits per heavy atom. The second-order valence-electron chi connectivity index (χ2n) is 5.36. The first-order valence-electron chi connectivity index (χ1n) is 7.27. The Bertz CT molecular complexity index is 632. The van der Waals surface area contributed by atoms with Crippen LogP contribution in [0.3, 0.4) is 0 Å². The molecule has 3 rings (SSSR count). The molecule has 0 N–H and O–H groups in total. The van der Waals surface area contributed by atoms with Crippen molar-refractivity contribution >= 4 is 17.2 Å². The molecule has 0 aliphatic carbocycles. The van der Waals surface area contributed by atoms with Crippen molar-refractivity contribution in [1.29, 1.82) is 0 Å². The van der Waals surface area contributed by atoms with E-state index in [1.807, 2.05) is 40.6 Å². The van der Waals surface area contributed by atoms with Gasteiger partial charge >= 0.3 is 0 Å². The lowest BCUT2D eigenvalue weighted by Crippen LogP contribution is -2.27. The number of amides is 1. The summed E-state index contributed by atoms with van der Waals surface area (Å²) in [6.45, 7) is 1.54. The molecule has 2 heterocycles. The fourth-order valence-corrected chi connectivity index (χ4v) is 3.53. The number of nitrogens with zero attached hydrogens (tertiary/aromatic N) is 1. The lowest BCUT2D eigenvalue weighted by atomic mass is 9.98. The van der Waals surface area contributed by atoms with Crippen LogP contribution in [0.1, 0.15) is 27.6 Å². The maximum atomic E-state index is 12.4. The molecule has 116 valence electrons. The van der Waals surface area contributed by atoms with Crippen molar-refractivity contribution in [1.82, 2.24) is 4.90 Å². The fourth-order valence-electron chi connectivity index (χ4n) is 2.84. The van der Waals surface area contributed by atoms with Crippen LogP contribution in [0.4, 0.5) is 0 Å². The smallest absolute Gasteiger partial charge is 0.263 e. The van der Waals surface area contributed by atoms with Gasteiger partial charge < -0.3 is 14.4 Å². The molecule has 5 heteroatoms. The highest BCUT2D eigenvalue weighted by Gasteiger charge is 2.28. The van der Waals surface area contributed by atoms with Gasteiger partial charge in [0.2, 0.25) is 0 Å². The Labute approximate surface area is 134 Å². The molecule has 0 bridgehead atoms. The largest absolute Gasteiger partial charge is 0.497 e. The Hall–Kier alpha value is -2.01. The number of carbonyl (C=O) groups is 1. The summed E-state index contributed by atoms with van der Waals surface area (Å²) in [5.41, 5.74) is 1.16. The van der Waals surface area contributed by atoms with Crippen LogP contribution in [0.25, 0.3) is 0 Å². The average molecular weight is 317 g/mol. The van der Waals surface area contributed by atoms with E-state index in [9.17, 15) is 4.79 Å². The summed E-state index contributed by atoms with van der Waals surface area (Å²) in [6, 6.07) is 9.74. The summed E-state index contributed by atoms with van der Waals surface area (Å²) in [7, 11) is 3.31. The van der Waals surface area contributed by atoms with Gasteiger partial charge in [-0.2, -0.15) is 0 Å². The SMILES string of the molecule is COc1cc(OC)cc(C2CCN(C(=O)c3cccs3)C2)c1. The number of rotatable bonds is 4. The maximum absolute atomic E-state index is 12.4. The average Bonchev–Trinajstić information content (AvgIpc) is 3.25. The second kappa shape index (κ2) is 6.40. The first-order chi connectivity index (χ1) is 10.7. The van der Waals surface area contributed by atoms with Crippen molar-refractivity contribution in [2.24, 2.45) is 0 Å². The van der Waals surface area contributed by atoms with Gasteiger partial charge in [0.05, 0.1) is 19.1 Å². The van der Waals surface area contributed by atoms with E-state index in [0.717, 1.165) is 41.4 Å². The minimum Gasteiger partial charge on any atom is -0.497 e. The van der Waals surface area contributed by atoms with Gasteiger partial charge in [0.15, 0.2) is 0 Å². The van der Waals surface area contributed by atoms with E-state index in [0.29, 0.717) is 5.92 Å². The Morgan fingerprint density at radius 2 is 1.95 bits per heavy atom. The molecular weight excluding hydrogens is 298 g/mol. The molecule has 2 aromatic rings. The predicted molar refractivity (Wildman–Crippen MR) is 87.1 cm³/mol. The standard InChI is InChI=1S/C17H19NO3S/c1-20-14-8-13(9-15(10-14)21-2)12-5-6-18(11-12)17(19)16-4-3-7-22-16/h3-4,7-10,12H,5-6,11H2,1-2H3. The maximum Gasteiger partial charge on any atom is 0.263 e. The van der Waals surface area contributed by atoms with Crippen molar-refractivity contribution in [3.05, 3.63) is 46.2 Å². The molecule has 1 amide bonds. The van der Waals surface area contributed by atoms with Gasteiger partial charge in [-0.25, -0.2) is 0 Å². The summed E-state index contributed by atoms with van der Waals surface area (Å²) in [4.78, 5) is 15.2. The van der Waals surface area contributed by atoms with E-state index < -0.39 is 0 Å². The number of benzene rings is 1. The van der Waals surface area contributed by atoms with E-state index in [2.05, 4.69) is 0 Å². The molecular formula is C17H19NO3S. The third kappa shape index (κ3) is 2.95. The molecule has 1 unspecified atom stereocenters. The normalized spacial score (nSPS) is 17.5. The van der Waals surface area contributed by atoms with Gasteiger partial charge in [0.1, 0.15) is 11.5 Å². The fraction of sp³-hybridized carbons (Fsp3) is 0.353. The Kier molecular flexibility index (Phi) is 4.34. The minimum atomic E-state index is 0.132. The lowest BCUT2D eigenvalue weighted by molar-refractivity contribution is 0.0795. The van der Waals surface area contributed by atoms with Crippen LogP contribution in [0.2, 0.25) is 0 Å². The zero-order valence-corrected chi connectivity index (χ0v) is 13.6. The Balaban J connectivity index is 1.76. The topological polar surface area (TPSA) is 38.8 Å². The number of methoxy groups -OCH3 is 2. The molecule has 1 atom stereocenters. The van der Waals surface area contributed by atoms with Gasteiger partial charge in [-0.15, -0.1) is 11.3 Å². The van der Waals surface area contributed by atoms with Gasteiger partial charge in [0.25, 0.3) is 5.91 Å². The first-order valence-corrected chi connectivity index (χ1v) is 8.15. The monoisotopic (exact) mass is 317 g/mol. The highest BCUT2D eigenvalue weighted by atomic mass is 32.1. The van der Waals surface area contributed by atoms with E-state index in [-0.39, 0.29) is 5.91 Å². The zero-order chi connectivity index (χ0) is 15.5. The molecule has 1 aliphatic rings. The van der Waals surface area contributed by atoms with E-state index in [4.69, 9.17) is 9.47 Å². The molecule has 0 saturated carbocycles. The van der Waals surface area contributed by atoms with Crippen LogP contribution in [0, 0.1) is 0 Å². The van der Waals surface area contributed by atoms with Gasteiger partial charge in [-0.3, -0.25) is 4.79 Å². The molecule has 1 aromatic carbocycles. The summed E-state index contributed by atoms with van der Waals surface area (Å²) in [5.74, 6) is 2.04. The Morgan fingerprint density at radius 3 is 2.55 bits per heavy atom. The van der Waals surface area contributed by atoms with Crippen LogP contribution in [0.5, 0.6) is 11.5 Å². The molecule has 1 aliphatic heterocycles. The summed E-state index contributed by atoms with van der Waals surface area (Å²) in [6.07, 6.45) is 0.966. The van der Waals surface area contributed by atoms with Crippen molar-refractivity contribution in [3.8, 4) is 11.5 Å². The molecule has 1 fully saturated rings. The van der Waals surface area contributed by atoms with E-state index >= 15 is 0 Å². The van der Waals surface area contributed by atoms with E-state index in [1.54, 1.807) is 14.2 Å². The number of ether oxygens (including phenoxy) is 2. The van der Waals surface area contributed by atoms with Gasteiger partial charge in [-0.05, 0) is 35.6 Å². The zero-order valence-electron chi connectivity index (χ0n) is 12.7. The van der Waals surface area contributed by atoms with E-state index in [1.165, 1.54) is 11.3 Å². The summed E-state index contributed by atoms with van der Waals surface area (Å²) >= 11 is 1.50. The number of hydrogen-bond donors (Lipinski definition) is 0. The van der Waals surface area contributed by atoms with Crippen LogP contribution in [-0.4, -0.2) is 38.1 Å². The van der Waals surface area contributed by atoms with Crippen LogP contribution in [0.15, 0.2) is 35.7 Å². The van der Waals surface area contributed by atoms with Gasteiger partial charge in [-0.1, -0.05) is 6.07 Å². The number of carbonyl (C=O) groups excluding carboxylic acids is 1. The number of likely N-dealkylation sites (tertiary alicyclic amines) is 1. The van der Waals surface area contributed by atoms with Crippen molar-refractivity contribution in [2.45, 2.75) is 12.3 Å². The summed E-state index contributed by atoms with van der Waals surface area (Å²) in [5, 5.41) is 1.94. The predicted octanol–water partition coefficient (Wildman–Crippen LogP) is 3.40. The number of thiophene rings is 1. The summed E-state index contributed by atoms with van der Waals surface area (Å²) < 4.78 is 10.7. The third-order valence-electron chi connectivity index (χ3n) is 4.05. The molecule has 1 aromatic heterocycles. The second-order valence-corrected chi connectivity index (χ2v) is 6.31. The van der Waals surface area contributed by atoms with Crippen molar-refractivity contribution < 1.29 is 14.3 Å². The van der Waals surface area contributed by atoms with Crippen LogP contribution in [-0.2, 0) is 0 Å². The highest BCUT2D eigenvalue weighted by molar-refractivity contribution is 7.12. The van der Waals surface area contributed by atoms with Gasteiger partial charge in [0, 0.05) is 25.1 Å². The first kappa shape index (κ1) is 14.9. The molecule has 1 saturated heterocycles.